The van der Waals surface area contributed by atoms with Gasteiger partial charge >= 0.3 is 0 Å². The number of thioether (sulfide) groups is 2. The van der Waals surface area contributed by atoms with Gasteiger partial charge in [0.1, 0.15) is 6.04 Å². The molecule has 2 heterocycles. The maximum Gasteiger partial charge on any atom is 0.257 e. The number of nitrogens with zero attached hydrogens (tertiary/aromatic N) is 1. The Hall–Kier alpha value is -0.480. The molecule has 154 valence electrons. The number of hydrogen-bond donors (Lipinski definition) is 3. The molecule has 0 aromatic carbocycles. The Labute approximate surface area is 170 Å². The summed E-state index contributed by atoms with van der Waals surface area (Å²) < 4.78 is 5.33. The van der Waals surface area contributed by atoms with E-state index in [1.165, 1.54) is 32.1 Å². The Balaban J connectivity index is 1.49. The molecule has 1 aliphatic carbocycles. The third kappa shape index (κ3) is 7.12. The monoisotopic (exact) mass is 416 g/mol. The van der Waals surface area contributed by atoms with E-state index >= 15 is 0 Å². The van der Waals surface area contributed by atoms with Gasteiger partial charge < -0.3 is 10.1 Å². The maximum atomic E-state index is 12.8. The van der Waals surface area contributed by atoms with Gasteiger partial charge in [0, 0.05) is 30.5 Å². The number of nitrogens with one attached hydrogen (secondary N) is 3. The molecule has 0 aromatic heterocycles. The molecule has 0 unspecified atom stereocenters. The summed E-state index contributed by atoms with van der Waals surface area (Å²) in [6.45, 7) is 2.61. The van der Waals surface area contributed by atoms with E-state index < -0.39 is 6.04 Å². The molecule has 2 atom stereocenters. The Morgan fingerprint density at radius 3 is 2.70 bits per heavy atom. The van der Waals surface area contributed by atoms with Crippen molar-refractivity contribution in [1.29, 1.82) is 0 Å². The number of hydrogen-bond acceptors (Lipinski definition) is 7. The lowest BCUT2D eigenvalue weighted by molar-refractivity contribution is -0.133. The summed E-state index contributed by atoms with van der Waals surface area (Å²) in [5, 5.41) is 8.05. The second-order valence-electron chi connectivity index (χ2n) is 7.45. The summed E-state index contributed by atoms with van der Waals surface area (Å²) in [5.74, 6) is 3.83. The van der Waals surface area contributed by atoms with Crippen LogP contribution in [0.25, 0.3) is 0 Å². The standard InChI is InChI=1S/C18H32N4O3S2/c23-17(15-11-27-13-19-15)20-16(12-26-10-14-4-2-1-3-5-14)18(24)21-22-6-8-25-9-7-22/h14-16,19H,1-13H2,(H,20,23)(H,21,24)/t15-,16-/m0/s1. The van der Waals surface area contributed by atoms with Gasteiger partial charge in [0.25, 0.3) is 5.91 Å². The van der Waals surface area contributed by atoms with Crippen LogP contribution in [0.4, 0.5) is 0 Å². The van der Waals surface area contributed by atoms with Crippen LogP contribution in [-0.4, -0.2) is 78.3 Å². The Kier molecular flexibility index (Phi) is 9.05. The average molecular weight is 417 g/mol. The third-order valence-electron chi connectivity index (χ3n) is 5.31. The number of carbonyl (C=O) groups is 2. The van der Waals surface area contributed by atoms with E-state index in [4.69, 9.17) is 4.74 Å². The molecule has 1 saturated carbocycles. The van der Waals surface area contributed by atoms with Crippen molar-refractivity contribution in [2.45, 2.75) is 44.2 Å². The lowest BCUT2D eigenvalue weighted by Crippen LogP contribution is -2.57. The summed E-state index contributed by atoms with van der Waals surface area (Å²) in [5.41, 5.74) is 2.96. The van der Waals surface area contributed by atoms with Gasteiger partial charge in [-0.2, -0.15) is 11.8 Å². The maximum absolute atomic E-state index is 12.8. The SMILES string of the molecule is O=C(N[C@@H](CSCC1CCCCC1)C(=O)NN1CCOCC1)[C@@H]1CSCN1. The molecule has 27 heavy (non-hydrogen) atoms. The molecule has 0 spiro atoms. The number of morpholine rings is 1. The van der Waals surface area contributed by atoms with Crippen molar-refractivity contribution in [2.75, 3.05) is 49.4 Å². The zero-order valence-electron chi connectivity index (χ0n) is 15.9. The minimum absolute atomic E-state index is 0.0691. The van der Waals surface area contributed by atoms with Crippen molar-refractivity contribution in [3.8, 4) is 0 Å². The van der Waals surface area contributed by atoms with Gasteiger partial charge in [-0.15, -0.1) is 11.8 Å². The van der Waals surface area contributed by atoms with Crippen LogP contribution < -0.4 is 16.1 Å². The number of hydrazine groups is 1. The lowest BCUT2D eigenvalue weighted by Gasteiger charge is -2.29. The van der Waals surface area contributed by atoms with E-state index in [0.717, 1.165) is 23.3 Å². The van der Waals surface area contributed by atoms with E-state index in [1.807, 2.05) is 5.01 Å². The van der Waals surface area contributed by atoms with Crippen molar-refractivity contribution in [3.05, 3.63) is 0 Å². The van der Waals surface area contributed by atoms with E-state index in [-0.39, 0.29) is 17.9 Å². The molecule has 2 aliphatic heterocycles. The Bertz CT molecular complexity index is 479. The van der Waals surface area contributed by atoms with Crippen LogP contribution in [0.3, 0.4) is 0 Å². The van der Waals surface area contributed by atoms with Gasteiger partial charge in [0.2, 0.25) is 5.91 Å². The minimum atomic E-state index is -0.499. The zero-order chi connectivity index (χ0) is 18.9. The van der Waals surface area contributed by atoms with Gasteiger partial charge in [-0.1, -0.05) is 19.3 Å². The van der Waals surface area contributed by atoms with Crippen LogP contribution in [0.1, 0.15) is 32.1 Å². The fraction of sp³-hybridized carbons (Fsp3) is 0.889. The third-order valence-corrected chi connectivity index (χ3v) is 7.52. The molecule has 7 nitrogen and oxygen atoms in total. The Morgan fingerprint density at radius 2 is 2.00 bits per heavy atom. The number of carbonyl (C=O) groups excluding carboxylic acids is 2. The van der Waals surface area contributed by atoms with Crippen LogP contribution >= 0.6 is 23.5 Å². The highest BCUT2D eigenvalue weighted by Gasteiger charge is 2.29. The molecule has 2 amide bonds. The summed E-state index contributed by atoms with van der Waals surface area (Å²) in [6, 6.07) is -0.696. The van der Waals surface area contributed by atoms with Crippen molar-refractivity contribution < 1.29 is 14.3 Å². The van der Waals surface area contributed by atoms with E-state index in [1.54, 1.807) is 23.5 Å². The predicted molar refractivity (Wildman–Crippen MR) is 111 cm³/mol. The molecule has 0 aromatic rings. The van der Waals surface area contributed by atoms with Gasteiger partial charge in [-0.25, -0.2) is 5.01 Å². The smallest absolute Gasteiger partial charge is 0.257 e. The number of ether oxygens (including phenoxy) is 1. The van der Waals surface area contributed by atoms with E-state index in [2.05, 4.69) is 16.1 Å². The predicted octanol–water partition coefficient (Wildman–Crippen LogP) is 0.811. The first kappa shape index (κ1) is 21.2. The molecular weight excluding hydrogens is 384 g/mol. The lowest BCUT2D eigenvalue weighted by atomic mass is 9.91. The number of rotatable bonds is 8. The van der Waals surface area contributed by atoms with Crippen LogP contribution in [0.15, 0.2) is 0 Å². The highest BCUT2D eigenvalue weighted by atomic mass is 32.2. The van der Waals surface area contributed by atoms with E-state index in [9.17, 15) is 9.59 Å². The topological polar surface area (TPSA) is 82.7 Å². The fourth-order valence-electron chi connectivity index (χ4n) is 3.63. The first-order valence-electron chi connectivity index (χ1n) is 10.0. The second kappa shape index (κ2) is 11.5. The van der Waals surface area contributed by atoms with Crippen molar-refractivity contribution in [3.63, 3.8) is 0 Å². The molecule has 0 bridgehead atoms. The summed E-state index contributed by atoms with van der Waals surface area (Å²) in [4.78, 5) is 25.3. The largest absolute Gasteiger partial charge is 0.379 e. The van der Waals surface area contributed by atoms with Crippen molar-refractivity contribution in [1.82, 2.24) is 21.1 Å². The highest BCUT2D eigenvalue weighted by molar-refractivity contribution is 7.99. The van der Waals surface area contributed by atoms with E-state index in [0.29, 0.717) is 32.1 Å². The van der Waals surface area contributed by atoms with Gasteiger partial charge in [0.05, 0.1) is 19.3 Å². The first-order valence-corrected chi connectivity index (χ1v) is 12.4. The molecular formula is C18H32N4O3S2. The van der Waals surface area contributed by atoms with Gasteiger partial charge in [-0.3, -0.25) is 20.3 Å². The highest BCUT2D eigenvalue weighted by Crippen LogP contribution is 2.27. The molecule has 2 saturated heterocycles. The molecule has 3 aliphatic rings. The van der Waals surface area contributed by atoms with Crippen LogP contribution in [0.2, 0.25) is 0 Å². The molecule has 3 fully saturated rings. The molecule has 0 radical (unpaired) electrons. The fourth-order valence-corrected chi connectivity index (χ4v) is 5.85. The average Bonchev–Trinajstić information content (AvgIpc) is 3.24. The van der Waals surface area contributed by atoms with Gasteiger partial charge in [0.15, 0.2) is 0 Å². The van der Waals surface area contributed by atoms with Crippen molar-refractivity contribution >= 4 is 35.3 Å². The summed E-state index contributed by atoms with van der Waals surface area (Å²) >= 11 is 3.51. The first-order chi connectivity index (χ1) is 13.2. The second-order valence-corrected chi connectivity index (χ2v) is 9.56. The molecule has 3 N–H and O–H groups in total. The minimum Gasteiger partial charge on any atom is -0.379 e. The molecule has 3 rings (SSSR count). The molecule has 9 heteroatoms. The normalized spacial score (nSPS) is 25.9. The van der Waals surface area contributed by atoms with Crippen LogP contribution in [0.5, 0.6) is 0 Å². The van der Waals surface area contributed by atoms with Crippen LogP contribution in [0, 0.1) is 5.92 Å². The number of amides is 2. The zero-order valence-corrected chi connectivity index (χ0v) is 17.5. The summed E-state index contributed by atoms with van der Waals surface area (Å²) in [7, 11) is 0. The summed E-state index contributed by atoms with van der Waals surface area (Å²) in [6.07, 6.45) is 6.61. The van der Waals surface area contributed by atoms with Crippen molar-refractivity contribution in [2.24, 2.45) is 5.92 Å². The van der Waals surface area contributed by atoms with Crippen LogP contribution in [-0.2, 0) is 14.3 Å². The quantitative estimate of drug-likeness (QED) is 0.540. The van der Waals surface area contributed by atoms with Gasteiger partial charge in [-0.05, 0) is 24.5 Å². The Morgan fingerprint density at radius 1 is 1.22 bits per heavy atom.